The van der Waals surface area contributed by atoms with Gasteiger partial charge in [-0.15, -0.1) is 5.10 Å². The fraction of sp³-hybridized carbons (Fsp3) is 0.414. The van der Waals surface area contributed by atoms with Crippen LogP contribution in [0, 0.1) is 0 Å². The van der Waals surface area contributed by atoms with Gasteiger partial charge in [-0.2, -0.15) is 4.98 Å². The Bertz CT molecular complexity index is 1260. The highest BCUT2D eigenvalue weighted by Gasteiger charge is 2.34. The number of unbranched alkanes of at least 4 members (excludes halogenated alkanes) is 2. The summed E-state index contributed by atoms with van der Waals surface area (Å²) in [6.07, 6.45) is 4.36. The topological polar surface area (TPSA) is 90.3 Å². The van der Waals surface area contributed by atoms with E-state index in [4.69, 9.17) is 19.6 Å². The molecule has 4 rings (SSSR count). The van der Waals surface area contributed by atoms with E-state index in [0.717, 1.165) is 48.4 Å². The SMILES string of the molecule is CCCCCOc1ccc(C2C(C(=O)Nc3ccccc3OCC)=C(C)Nc3nc(SCCC)nn32)cc1. The van der Waals surface area contributed by atoms with E-state index in [2.05, 4.69) is 24.5 Å². The van der Waals surface area contributed by atoms with Gasteiger partial charge in [-0.1, -0.05) is 62.7 Å². The number of hydrogen-bond acceptors (Lipinski definition) is 7. The second-order valence-electron chi connectivity index (χ2n) is 9.09. The molecule has 0 spiro atoms. The third-order valence-corrected chi connectivity index (χ3v) is 7.20. The fourth-order valence-electron chi connectivity index (χ4n) is 4.32. The predicted octanol–water partition coefficient (Wildman–Crippen LogP) is 6.68. The summed E-state index contributed by atoms with van der Waals surface area (Å²) in [5, 5.41) is 11.9. The Balaban J connectivity index is 1.67. The smallest absolute Gasteiger partial charge is 0.255 e. The summed E-state index contributed by atoms with van der Waals surface area (Å²) in [7, 11) is 0. The molecule has 2 heterocycles. The Morgan fingerprint density at radius 3 is 2.58 bits per heavy atom. The standard InChI is InChI=1S/C29H37N5O3S/c1-5-8-11-18-37-22-16-14-21(15-17-22)26-25(27(35)31-23-12-9-10-13-24(23)36-7-3)20(4)30-28-32-29(33-34(26)28)38-19-6-2/h9-10,12-17,26H,5-8,11,18-19H2,1-4H3,(H,31,35)(H,30,32,33). The van der Waals surface area contributed by atoms with Gasteiger partial charge in [0.1, 0.15) is 17.5 Å². The second-order valence-corrected chi connectivity index (χ2v) is 10.1. The van der Waals surface area contributed by atoms with Crippen molar-refractivity contribution in [3.8, 4) is 11.5 Å². The van der Waals surface area contributed by atoms with Crippen molar-refractivity contribution in [1.82, 2.24) is 14.8 Å². The molecule has 1 aliphatic heterocycles. The van der Waals surface area contributed by atoms with Gasteiger partial charge in [0.15, 0.2) is 0 Å². The van der Waals surface area contributed by atoms with Gasteiger partial charge in [-0.05, 0) is 56.5 Å². The quantitative estimate of drug-likeness (QED) is 0.186. The number of fused-ring (bicyclic) bond motifs is 1. The summed E-state index contributed by atoms with van der Waals surface area (Å²) >= 11 is 1.61. The van der Waals surface area contributed by atoms with Crippen molar-refractivity contribution >= 4 is 29.3 Å². The first-order valence-electron chi connectivity index (χ1n) is 13.4. The molecule has 0 aliphatic carbocycles. The van der Waals surface area contributed by atoms with Gasteiger partial charge in [-0.25, -0.2) is 4.68 Å². The van der Waals surface area contributed by atoms with E-state index in [-0.39, 0.29) is 5.91 Å². The largest absolute Gasteiger partial charge is 0.494 e. The van der Waals surface area contributed by atoms with Gasteiger partial charge in [-0.3, -0.25) is 4.79 Å². The number of anilines is 2. The lowest BCUT2D eigenvalue weighted by atomic mass is 9.95. The summed E-state index contributed by atoms with van der Waals surface area (Å²) in [5.41, 5.74) is 2.84. The first-order chi connectivity index (χ1) is 18.5. The molecule has 3 aromatic rings. The molecule has 0 bridgehead atoms. The van der Waals surface area contributed by atoms with Crippen LogP contribution >= 0.6 is 11.8 Å². The Morgan fingerprint density at radius 2 is 1.84 bits per heavy atom. The molecular formula is C29H37N5O3S. The molecule has 2 N–H and O–H groups in total. The number of thioether (sulfide) groups is 1. The predicted molar refractivity (Wildman–Crippen MR) is 153 cm³/mol. The molecule has 1 amide bonds. The molecule has 0 saturated carbocycles. The van der Waals surface area contributed by atoms with E-state index in [0.29, 0.717) is 41.3 Å². The minimum Gasteiger partial charge on any atom is -0.494 e. The highest BCUT2D eigenvalue weighted by atomic mass is 32.2. The number of nitrogens with one attached hydrogen (secondary N) is 2. The van der Waals surface area contributed by atoms with Crippen LogP contribution in [0.5, 0.6) is 11.5 Å². The monoisotopic (exact) mass is 535 g/mol. The number of benzene rings is 2. The van der Waals surface area contributed by atoms with E-state index < -0.39 is 6.04 Å². The van der Waals surface area contributed by atoms with Gasteiger partial charge < -0.3 is 20.1 Å². The normalized spacial score (nSPS) is 14.6. The average Bonchev–Trinajstić information content (AvgIpc) is 3.33. The third kappa shape index (κ3) is 6.51. The van der Waals surface area contributed by atoms with Gasteiger partial charge in [0, 0.05) is 11.4 Å². The molecule has 1 atom stereocenters. The molecule has 2 aromatic carbocycles. The lowest BCUT2D eigenvalue weighted by Gasteiger charge is -2.29. The van der Waals surface area contributed by atoms with E-state index in [1.165, 1.54) is 0 Å². The lowest BCUT2D eigenvalue weighted by Crippen LogP contribution is -2.31. The molecule has 0 fully saturated rings. The number of aromatic nitrogens is 3. The summed E-state index contributed by atoms with van der Waals surface area (Å²) in [6, 6.07) is 14.9. The van der Waals surface area contributed by atoms with Crippen LogP contribution in [0.3, 0.4) is 0 Å². The summed E-state index contributed by atoms with van der Waals surface area (Å²) < 4.78 is 13.5. The Kier molecular flexibility index (Phi) is 9.70. The van der Waals surface area contributed by atoms with Crippen molar-refractivity contribution in [3.63, 3.8) is 0 Å². The lowest BCUT2D eigenvalue weighted by molar-refractivity contribution is -0.113. The van der Waals surface area contributed by atoms with Crippen molar-refractivity contribution in [2.45, 2.75) is 64.6 Å². The zero-order chi connectivity index (χ0) is 26.9. The van der Waals surface area contributed by atoms with Crippen molar-refractivity contribution in [1.29, 1.82) is 0 Å². The molecule has 38 heavy (non-hydrogen) atoms. The first-order valence-corrected chi connectivity index (χ1v) is 14.4. The van der Waals surface area contributed by atoms with E-state index in [1.54, 1.807) is 11.8 Å². The van der Waals surface area contributed by atoms with E-state index in [9.17, 15) is 4.79 Å². The Labute approximate surface area is 229 Å². The molecule has 1 unspecified atom stereocenters. The molecule has 1 aromatic heterocycles. The number of carbonyl (C=O) groups excluding carboxylic acids is 1. The maximum absolute atomic E-state index is 13.8. The fourth-order valence-corrected chi connectivity index (χ4v) is 5.00. The molecule has 8 nitrogen and oxygen atoms in total. The molecule has 202 valence electrons. The van der Waals surface area contributed by atoms with E-state index >= 15 is 0 Å². The van der Waals surface area contributed by atoms with Crippen LogP contribution in [0.4, 0.5) is 11.6 Å². The Morgan fingerprint density at radius 1 is 1.05 bits per heavy atom. The van der Waals surface area contributed by atoms with Crippen LogP contribution in [-0.4, -0.2) is 39.6 Å². The van der Waals surface area contributed by atoms with Crippen molar-refractivity contribution in [2.24, 2.45) is 0 Å². The van der Waals surface area contributed by atoms with Crippen LogP contribution in [0.2, 0.25) is 0 Å². The molecule has 9 heteroatoms. The van der Waals surface area contributed by atoms with Crippen molar-refractivity contribution in [3.05, 3.63) is 65.4 Å². The number of allylic oxidation sites excluding steroid dienone is 1. The highest BCUT2D eigenvalue weighted by molar-refractivity contribution is 7.99. The van der Waals surface area contributed by atoms with Gasteiger partial charge in [0.05, 0.1) is 24.5 Å². The van der Waals surface area contributed by atoms with Crippen molar-refractivity contribution in [2.75, 3.05) is 29.6 Å². The number of amides is 1. The van der Waals surface area contributed by atoms with Crippen LogP contribution in [0.1, 0.15) is 65.0 Å². The molecular weight excluding hydrogens is 498 g/mol. The van der Waals surface area contributed by atoms with Gasteiger partial charge in [0.25, 0.3) is 5.91 Å². The second kappa shape index (κ2) is 13.4. The summed E-state index contributed by atoms with van der Waals surface area (Å²) in [5.74, 6) is 2.76. The molecule has 1 aliphatic rings. The van der Waals surface area contributed by atoms with Crippen LogP contribution in [0.15, 0.2) is 65.0 Å². The van der Waals surface area contributed by atoms with Crippen LogP contribution in [0.25, 0.3) is 0 Å². The maximum atomic E-state index is 13.8. The minimum atomic E-state index is -0.455. The first kappa shape index (κ1) is 27.6. The number of nitrogens with zero attached hydrogens (tertiary/aromatic N) is 3. The molecule has 0 saturated heterocycles. The highest BCUT2D eigenvalue weighted by Crippen LogP contribution is 2.38. The number of rotatable bonds is 13. The van der Waals surface area contributed by atoms with E-state index in [1.807, 2.05) is 67.1 Å². The number of hydrogen-bond donors (Lipinski definition) is 2. The van der Waals surface area contributed by atoms with Crippen LogP contribution in [-0.2, 0) is 4.79 Å². The number of carbonyl (C=O) groups is 1. The van der Waals surface area contributed by atoms with Gasteiger partial charge >= 0.3 is 0 Å². The van der Waals surface area contributed by atoms with Crippen LogP contribution < -0.4 is 20.1 Å². The minimum absolute atomic E-state index is 0.226. The van der Waals surface area contributed by atoms with Crippen molar-refractivity contribution < 1.29 is 14.3 Å². The maximum Gasteiger partial charge on any atom is 0.255 e. The van der Waals surface area contributed by atoms with Gasteiger partial charge in [0.2, 0.25) is 11.1 Å². The number of para-hydroxylation sites is 2. The zero-order valence-corrected chi connectivity index (χ0v) is 23.4. The summed E-state index contributed by atoms with van der Waals surface area (Å²) in [6.45, 7) is 9.33. The average molecular weight is 536 g/mol. The zero-order valence-electron chi connectivity index (χ0n) is 22.6. The third-order valence-electron chi connectivity index (χ3n) is 6.16. The summed E-state index contributed by atoms with van der Waals surface area (Å²) in [4.78, 5) is 18.5. The Hall–Kier alpha value is -3.46. The number of ether oxygens (including phenoxy) is 2. The molecule has 0 radical (unpaired) electrons.